The van der Waals surface area contributed by atoms with Crippen molar-refractivity contribution in [2.24, 2.45) is 0 Å². The molecule has 5 heteroatoms. The van der Waals surface area contributed by atoms with Crippen molar-refractivity contribution < 1.29 is 4.74 Å². The van der Waals surface area contributed by atoms with Gasteiger partial charge in [-0.05, 0) is 32.1 Å². The number of nitrogens with zero attached hydrogens (tertiary/aromatic N) is 4. The Morgan fingerprint density at radius 2 is 2.09 bits per heavy atom. The van der Waals surface area contributed by atoms with Crippen LogP contribution in [0.5, 0.6) is 5.75 Å². The van der Waals surface area contributed by atoms with Crippen LogP contribution in [0.15, 0.2) is 30.6 Å². The van der Waals surface area contributed by atoms with E-state index in [0.717, 1.165) is 36.8 Å². The number of ether oxygens (including phenoxy) is 1. The summed E-state index contributed by atoms with van der Waals surface area (Å²) in [5, 5.41) is 0. The largest absolute Gasteiger partial charge is 0.487 e. The molecule has 5 nitrogen and oxygen atoms in total. The lowest BCUT2D eigenvalue weighted by atomic mass is 10.0. The number of anilines is 1. The summed E-state index contributed by atoms with van der Waals surface area (Å²) < 4.78 is 5.93. The normalized spacial score (nSPS) is 20.0. The van der Waals surface area contributed by atoms with Gasteiger partial charge in [0.15, 0.2) is 0 Å². The molecular weight excluding hydrogens is 288 g/mol. The highest BCUT2D eigenvalue weighted by atomic mass is 16.5. The standard InChI is InChI=1S/C18H22N4O/c1-21(2)14-7-8-22(10-14)18-15-9-13-5-3-4-6-17(13)23-11-16(15)19-12-20-18/h3-6,12,14H,7-11H2,1-2H3. The number of likely N-dealkylation sites (N-methyl/N-ethyl adjacent to an activating group) is 1. The van der Waals surface area contributed by atoms with Crippen LogP contribution < -0.4 is 9.64 Å². The molecule has 3 heterocycles. The van der Waals surface area contributed by atoms with Gasteiger partial charge in [0.2, 0.25) is 0 Å². The molecule has 1 fully saturated rings. The molecule has 0 spiro atoms. The van der Waals surface area contributed by atoms with Crippen LogP contribution in [0.2, 0.25) is 0 Å². The summed E-state index contributed by atoms with van der Waals surface area (Å²) in [4.78, 5) is 13.8. The maximum atomic E-state index is 5.93. The highest BCUT2D eigenvalue weighted by Gasteiger charge is 2.28. The fourth-order valence-corrected chi connectivity index (χ4v) is 3.50. The van der Waals surface area contributed by atoms with E-state index in [1.807, 2.05) is 12.1 Å². The molecule has 0 amide bonds. The van der Waals surface area contributed by atoms with Crippen LogP contribution in [0.3, 0.4) is 0 Å². The third-order valence-corrected chi connectivity index (χ3v) is 4.91. The lowest BCUT2D eigenvalue weighted by Gasteiger charge is -2.23. The Morgan fingerprint density at radius 3 is 2.91 bits per heavy atom. The highest BCUT2D eigenvalue weighted by Crippen LogP contribution is 2.32. The van der Waals surface area contributed by atoms with E-state index in [1.165, 1.54) is 17.5 Å². The SMILES string of the molecule is CN(C)C1CCN(c2ncnc3c2Cc2ccccc2OC3)C1. The van der Waals surface area contributed by atoms with Gasteiger partial charge >= 0.3 is 0 Å². The number of hydrogen-bond donors (Lipinski definition) is 0. The summed E-state index contributed by atoms with van der Waals surface area (Å²) in [6.07, 6.45) is 3.69. The minimum atomic E-state index is 0.521. The van der Waals surface area contributed by atoms with Gasteiger partial charge in [0.1, 0.15) is 24.5 Å². The zero-order chi connectivity index (χ0) is 15.8. The van der Waals surface area contributed by atoms with Crippen LogP contribution in [-0.2, 0) is 13.0 Å². The molecule has 23 heavy (non-hydrogen) atoms. The maximum Gasteiger partial charge on any atom is 0.135 e. The Labute approximate surface area is 136 Å². The molecule has 1 unspecified atom stereocenters. The molecule has 2 aliphatic rings. The zero-order valence-corrected chi connectivity index (χ0v) is 13.7. The first-order chi connectivity index (χ1) is 11.2. The fourth-order valence-electron chi connectivity index (χ4n) is 3.50. The molecule has 0 N–H and O–H groups in total. The Hall–Kier alpha value is -2.14. The summed E-state index contributed by atoms with van der Waals surface area (Å²) in [6.45, 7) is 2.60. The second-order valence-corrected chi connectivity index (χ2v) is 6.55. The summed E-state index contributed by atoms with van der Waals surface area (Å²) in [7, 11) is 4.30. The van der Waals surface area contributed by atoms with Crippen LogP contribution in [0.1, 0.15) is 23.2 Å². The van der Waals surface area contributed by atoms with Crippen LogP contribution in [-0.4, -0.2) is 48.1 Å². The van der Waals surface area contributed by atoms with Gasteiger partial charge in [0.05, 0.1) is 5.69 Å². The summed E-state index contributed by atoms with van der Waals surface area (Å²) >= 11 is 0. The monoisotopic (exact) mass is 310 g/mol. The van der Waals surface area contributed by atoms with Gasteiger partial charge in [-0.2, -0.15) is 0 Å². The molecule has 0 aliphatic carbocycles. The average molecular weight is 310 g/mol. The lowest BCUT2D eigenvalue weighted by molar-refractivity contribution is 0.302. The molecule has 2 aliphatic heterocycles. The van der Waals surface area contributed by atoms with Crippen molar-refractivity contribution in [2.75, 3.05) is 32.1 Å². The smallest absolute Gasteiger partial charge is 0.135 e. The number of fused-ring (bicyclic) bond motifs is 2. The molecule has 4 rings (SSSR count). The second kappa shape index (κ2) is 5.81. The second-order valence-electron chi connectivity index (χ2n) is 6.55. The van der Waals surface area contributed by atoms with E-state index in [-0.39, 0.29) is 0 Å². The van der Waals surface area contributed by atoms with Gasteiger partial charge in [-0.15, -0.1) is 0 Å². The van der Waals surface area contributed by atoms with Gasteiger partial charge in [-0.3, -0.25) is 0 Å². The Kier molecular flexibility index (Phi) is 3.65. The number of rotatable bonds is 2. The lowest BCUT2D eigenvalue weighted by Crippen LogP contribution is -2.32. The predicted octanol–water partition coefficient (Wildman–Crippen LogP) is 2.10. The minimum Gasteiger partial charge on any atom is -0.487 e. The van der Waals surface area contributed by atoms with E-state index in [2.05, 4.69) is 46.0 Å². The van der Waals surface area contributed by atoms with E-state index in [1.54, 1.807) is 6.33 Å². The van der Waals surface area contributed by atoms with Crippen molar-refractivity contribution in [3.63, 3.8) is 0 Å². The minimum absolute atomic E-state index is 0.521. The molecule has 1 aromatic carbocycles. The molecule has 1 saturated heterocycles. The van der Waals surface area contributed by atoms with E-state index >= 15 is 0 Å². The molecular formula is C18H22N4O. The predicted molar refractivity (Wildman–Crippen MR) is 89.9 cm³/mol. The third-order valence-electron chi connectivity index (χ3n) is 4.91. The Balaban J connectivity index is 1.69. The average Bonchev–Trinajstić information content (AvgIpc) is 2.97. The van der Waals surface area contributed by atoms with Crippen LogP contribution in [0.4, 0.5) is 5.82 Å². The summed E-state index contributed by atoms with van der Waals surface area (Å²) in [6, 6.07) is 8.84. The fraction of sp³-hybridized carbons (Fsp3) is 0.444. The molecule has 2 aromatic rings. The van der Waals surface area contributed by atoms with Crippen molar-refractivity contribution in [2.45, 2.75) is 25.5 Å². The first-order valence-electron chi connectivity index (χ1n) is 8.17. The quantitative estimate of drug-likeness (QED) is 0.850. The Bertz CT molecular complexity index is 716. The van der Waals surface area contributed by atoms with Crippen molar-refractivity contribution in [1.82, 2.24) is 14.9 Å². The Morgan fingerprint density at radius 1 is 1.22 bits per heavy atom. The number of aromatic nitrogens is 2. The first kappa shape index (κ1) is 14.5. The van der Waals surface area contributed by atoms with Crippen molar-refractivity contribution >= 4 is 5.82 Å². The van der Waals surface area contributed by atoms with Gasteiger partial charge in [0, 0.05) is 31.1 Å². The van der Waals surface area contributed by atoms with E-state index in [0.29, 0.717) is 12.6 Å². The van der Waals surface area contributed by atoms with Crippen LogP contribution in [0, 0.1) is 0 Å². The van der Waals surface area contributed by atoms with Crippen molar-refractivity contribution in [3.8, 4) is 5.75 Å². The van der Waals surface area contributed by atoms with Crippen molar-refractivity contribution in [3.05, 3.63) is 47.4 Å². The van der Waals surface area contributed by atoms with Crippen LogP contribution >= 0.6 is 0 Å². The number of para-hydroxylation sites is 1. The zero-order valence-electron chi connectivity index (χ0n) is 13.7. The van der Waals surface area contributed by atoms with Crippen molar-refractivity contribution in [1.29, 1.82) is 0 Å². The van der Waals surface area contributed by atoms with Gasteiger partial charge in [-0.1, -0.05) is 18.2 Å². The summed E-state index contributed by atoms with van der Waals surface area (Å²) in [5.74, 6) is 2.05. The van der Waals surface area contributed by atoms with E-state index in [4.69, 9.17) is 4.74 Å². The molecule has 0 saturated carbocycles. The molecule has 1 atom stereocenters. The topological polar surface area (TPSA) is 41.5 Å². The molecule has 1 aromatic heterocycles. The third kappa shape index (κ3) is 2.65. The van der Waals surface area contributed by atoms with Gasteiger partial charge in [-0.25, -0.2) is 9.97 Å². The number of benzene rings is 1. The van der Waals surface area contributed by atoms with E-state index < -0.39 is 0 Å². The summed E-state index contributed by atoms with van der Waals surface area (Å²) in [5.41, 5.74) is 3.45. The first-order valence-corrected chi connectivity index (χ1v) is 8.17. The number of hydrogen-bond acceptors (Lipinski definition) is 5. The van der Waals surface area contributed by atoms with Gasteiger partial charge in [0.25, 0.3) is 0 Å². The van der Waals surface area contributed by atoms with Crippen LogP contribution in [0.25, 0.3) is 0 Å². The van der Waals surface area contributed by atoms with Gasteiger partial charge < -0.3 is 14.5 Å². The van der Waals surface area contributed by atoms with E-state index in [9.17, 15) is 0 Å². The maximum absolute atomic E-state index is 5.93. The molecule has 120 valence electrons. The molecule has 0 bridgehead atoms. The highest BCUT2D eigenvalue weighted by molar-refractivity contribution is 5.54. The molecule has 0 radical (unpaired) electrons.